The number of hydrogen-bond donors (Lipinski definition) is 4. The number of thioether (sulfide) groups is 1. The van der Waals surface area contributed by atoms with Gasteiger partial charge in [0, 0.05) is 11.3 Å². The molecule has 4 rings (SSSR count). The van der Waals surface area contributed by atoms with Gasteiger partial charge in [-0.3, -0.25) is 9.59 Å². The number of rotatable bonds is 3. The van der Waals surface area contributed by atoms with Crippen molar-refractivity contribution in [2.45, 2.75) is 36.9 Å². The number of ether oxygens (including phenoxy) is 1. The van der Waals surface area contributed by atoms with Gasteiger partial charge < -0.3 is 25.8 Å². The number of benzene rings is 1. The minimum Gasteiger partial charge on any atom is -0.508 e. The Kier molecular flexibility index (Phi) is 4.47. The smallest absolute Gasteiger partial charge is 0.355 e. The van der Waals surface area contributed by atoms with Crippen molar-refractivity contribution in [2.24, 2.45) is 0 Å². The Labute approximate surface area is 159 Å². The van der Waals surface area contributed by atoms with Crippen LogP contribution in [0.4, 0.5) is 0 Å². The molecule has 9 heteroatoms. The molecule has 3 heterocycles. The molecule has 0 saturated carbocycles. The van der Waals surface area contributed by atoms with Crippen LogP contribution in [-0.4, -0.2) is 46.2 Å². The number of phenols is 1. The highest BCUT2D eigenvalue weighted by atomic mass is 32.2. The van der Waals surface area contributed by atoms with Gasteiger partial charge in [-0.05, 0) is 24.1 Å². The van der Waals surface area contributed by atoms with Gasteiger partial charge in [0.05, 0.1) is 0 Å². The van der Waals surface area contributed by atoms with Crippen LogP contribution in [0.5, 0.6) is 5.75 Å². The lowest BCUT2D eigenvalue weighted by Gasteiger charge is -2.36. The number of nitrogens with one attached hydrogen (secondary N) is 3. The van der Waals surface area contributed by atoms with Crippen molar-refractivity contribution >= 4 is 29.5 Å². The molecule has 1 aromatic carbocycles. The second-order valence-electron chi connectivity index (χ2n) is 6.60. The molecule has 0 aromatic heterocycles. The Morgan fingerprint density at radius 2 is 1.85 bits per heavy atom. The molecule has 1 fully saturated rings. The van der Waals surface area contributed by atoms with E-state index in [-0.39, 0.29) is 23.7 Å². The largest absolute Gasteiger partial charge is 0.508 e. The molecule has 142 valence electrons. The molecule has 3 aliphatic heterocycles. The number of carbonyl (C=O) groups excluding carboxylic acids is 3. The molecule has 1 aromatic rings. The third-order valence-electron chi connectivity index (χ3n) is 4.90. The molecule has 4 N–H and O–H groups in total. The van der Waals surface area contributed by atoms with E-state index in [1.165, 1.54) is 23.9 Å². The second-order valence-corrected chi connectivity index (χ2v) is 7.73. The fraction of sp³-hybridized carbons (Fsp3) is 0.389. The Balaban J connectivity index is 1.49. The lowest BCUT2D eigenvalue weighted by Crippen LogP contribution is -2.64. The summed E-state index contributed by atoms with van der Waals surface area (Å²) in [7, 11) is 0. The maximum atomic E-state index is 12.6. The van der Waals surface area contributed by atoms with E-state index in [2.05, 4.69) is 16.0 Å². The Hall–Kier alpha value is -2.68. The van der Waals surface area contributed by atoms with Gasteiger partial charge in [0.15, 0.2) is 0 Å². The minimum absolute atomic E-state index is 0.0832. The molecule has 0 spiro atoms. The first-order valence-corrected chi connectivity index (χ1v) is 9.74. The summed E-state index contributed by atoms with van der Waals surface area (Å²) < 4.78 is 5.33. The van der Waals surface area contributed by atoms with Crippen LogP contribution >= 0.6 is 11.8 Å². The van der Waals surface area contributed by atoms with Gasteiger partial charge in [-0.2, -0.15) is 0 Å². The summed E-state index contributed by atoms with van der Waals surface area (Å²) in [5.74, 6) is -0.433. The van der Waals surface area contributed by atoms with Gasteiger partial charge in [-0.25, -0.2) is 4.79 Å². The highest BCUT2D eigenvalue weighted by molar-refractivity contribution is 8.00. The number of phenolic OH excluding ortho intramolecular Hbond substituents is 1. The number of piperazine rings is 1. The summed E-state index contributed by atoms with van der Waals surface area (Å²) in [5.41, 5.74) is 1.90. The van der Waals surface area contributed by atoms with Crippen molar-refractivity contribution < 1.29 is 24.2 Å². The van der Waals surface area contributed by atoms with E-state index in [4.69, 9.17) is 4.74 Å². The number of amides is 2. The summed E-state index contributed by atoms with van der Waals surface area (Å²) >= 11 is 1.46. The normalized spacial score (nSPS) is 30.2. The molecule has 2 amide bonds. The summed E-state index contributed by atoms with van der Waals surface area (Å²) in [4.78, 5) is 37.2. The predicted molar refractivity (Wildman–Crippen MR) is 97.5 cm³/mol. The van der Waals surface area contributed by atoms with E-state index < -0.39 is 23.4 Å². The first-order chi connectivity index (χ1) is 13.0. The van der Waals surface area contributed by atoms with Crippen LogP contribution in [0.3, 0.4) is 0 Å². The zero-order valence-electron chi connectivity index (χ0n) is 14.5. The van der Waals surface area contributed by atoms with Gasteiger partial charge >= 0.3 is 5.97 Å². The molecule has 0 bridgehead atoms. The first-order valence-electron chi connectivity index (χ1n) is 8.69. The van der Waals surface area contributed by atoms with Crippen LogP contribution in [0.1, 0.15) is 24.9 Å². The Morgan fingerprint density at radius 3 is 2.56 bits per heavy atom. The predicted octanol–water partition coefficient (Wildman–Crippen LogP) is 0.300. The van der Waals surface area contributed by atoms with Crippen molar-refractivity contribution in [2.75, 3.05) is 5.75 Å². The van der Waals surface area contributed by atoms with Gasteiger partial charge in [-0.1, -0.05) is 19.1 Å². The topological polar surface area (TPSA) is 117 Å². The minimum atomic E-state index is -0.821. The van der Waals surface area contributed by atoms with Crippen LogP contribution in [0.15, 0.2) is 35.5 Å². The molecular formula is C18H19N3O5S. The standard InChI is InChI=1S/C18H19N3O5S/c1-2-11-10-7-27-17(21-13(10)18(25)26-11)14-16(24)19-12(15(23)20-14)8-3-5-9(22)6-4-8/h3-6,11-12,14,17,21-22H,2,7H2,1H3,(H,19,24)(H,20,23)/t11-,12?,14?,17-/m1/s1. The number of cyclic esters (lactones) is 1. The van der Waals surface area contributed by atoms with Crippen LogP contribution in [0.25, 0.3) is 0 Å². The molecule has 27 heavy (non-hydrogen) atoms. The summed E-state index contributed by atoms with van der Waals surface area (Å²) in [5, 5.41) is 17.5. The lowest BCUT2D eigenvalue weighted by molar-refractivity contribution is -0.140. The lowest BCUT2D eigenvalue weighted by atomic mass is 10.0. The van der Waals surface area contributed by atoms with Crippen LogP contribution in [0.2, 0.25) is 0 Å². The van der Waals surface area contributed by atoms with E-state index in [0.717, 1.165) is 5.57 Å². The van der Waals surface area contributed by atoms with Crippen LogP contribution in [-0.2, 0) is 19.1 Å². The average Bonchev–Trinajstić information content (AvgIpc) is 2.99. The average molecular weight is 389 g/mol. The monoisotopic (exact) mass is 389 g/mol. The fourth-order valence-corrected chi connectivity index (χ4v) is 4.73. The van der Waals surface area contributed by atoms with Crippen molar-refractivity contribution in [1.82, 2.24) is 16.0 Å². The van der Waals surface area contributed by atoms with Gasteiger partial charge in [-0.15, -0.1) is 11.8 Å². The zero-order chi connectivity index (χ0) is 19.1. The first kappa shape index (κ1) is 17.7. The molecule has 0 radical (unpaired) electrons. The maximum absolute atomic E-state index is 12.6. The molecule has 8 nitrogen and oxygen atoms in total. The van der Waals surface area contributed by atoms with Gasteiger partial charge in [0.25, 0.3) is 0 Å². The molecular weight excluding hydrogens is 370 g/mol. The fourth-order valence-electron chi connectivity index (χ4n) is 3.46. The molecule has 1 saturated heterocycles. The van der Waals surface area contributed by atoms with E-state index in [0.29, 0.717) is 23.4 Å². The van der Waals surface area contributed by atoms with E-state index in [9.17, 15) is 19.5 Å². The number of aromatic hydroxyl groups is 1. The van der Waals surface area contributed by atoms with Crippen LogP contribution < -0.4 is 16.0 Å². The van der Waals surface area contributed by atoms with Crippen LogP contribution in [0, 0.1) is 0 Å². The molecule has 2 unspecified atom stereocenters. The summed E-state index contributed by atoms with van der Waals surface area (Å²) in [6.07, 6.45) is 0.481. The van der Waals surface area contributed by atoms with Gasteiger partial charge in [0.1, 0.15) is 35.0 Å². The molecule has 3 aliphatic rings. The summed E-state index contributed by atoms with van der Waals surface area (Å²) in [6.45, 7) is 1.95. The van der Waals surface area contributed by atoms with Crippen molar-refractivity contribution in [3.05, 3.63) is 41.1 Å². The van der Waals surface area contributed by atoms with Crippen molar-refractivity contribution in [3.63, 3.8) is 0 Å². The van der Waals surface area contributed by atoms with E-state index in [1.54, 1.807) is 12.1 Å². The van der Waals surface area contributed by atoms with E-state index in [1.807, 2.05) is 6.92 Å². The molecule has 0 aliphatic carbocycles. The number of hydrogen-bond acceptors (Lipinski definition) is 7. The van der Waals surface area contributed by atoms with E-state index >= 15 is 0 Å². The SMILES string of the molecule is CC[C@H]1OC(=O)C2=C1CS[C@H](C1NC(=O)C(c3ccc(O)cc3)NC1=O)N2. The Morgan fingerprint density at radius 1 is 1.11 bits per heavy atom. The third kappa shape index (κ3) is 3.12. The van der Waals surface area contributed by atoms with Crippen molar-refractivity contribution in [1.29, 1.82) is 0 Å². The number of carbonyl (C=O) groups is 3. The highest BCUT2D eigenvalue weighted by Gasteiger charge is 2.44. The second kappa shape index (κ2) is 6.80. The zero-order valence-corrected chi connectivity index (χ0v) is 15.3. The quantitative estimate of drug-likeness (QED) is 0.550. The summed E-state index contributed by atoms with van der Waals surface area (Å²) in [6, 6.07) is 4.47. The number of esters is 1. The Bertz CT molecular complexity index is 838. The molecule has 4 atom stereocenters. The third-order valence-corrected chi connectivity index (χ3v) is 6.12. The van der Waals surface area contributed by atoms with Gasteiger partial charge in [0.2, 0.25) is 11.8 Å². The van der Waals surface area contributed by atoms with Crippen molar-refractivity contribution in [3.8, 4) is 5.75 Å². The maximum Gasteiger partial charge on any atom is 0.355 e. The highest BCUT2D eigenvalue weighted by Crippen LogP contribution is 2.34.